The van der Waals surface area contributed by atoms with Gasteiger partial charge in [-0.2, -0.15) is 5.10 Å². The second-order valence-electron chi connectivity index (χ2n) is 7.74. The average Bonchev–Trinajstić information content (AvgIpc) is 3.00. The van der Waals surface area contributed by atoms with E-state index in [9.17, 15) is 4.79 Å². The van der Waals surface area contributed by atoms with Crippen molar-refractivity contribution in [2.45, 2.75) is 32.4 Å². The predicted octanol–water partition coefficient (Wildman–Crippen LogP) is 4.73. The molecule has 6 heteroatoms. The van der Waals surface area contributed by atoms with Gasteiger partial charge in [-0.1, -0.05) is 25.7 Å². The normalized spacial score (nSPS) is 12.1. The largest absolute Gasteiger partial charge is 0.360 e. The Kier molecular flexibility index (Phi) is 5.98. The summed E-state index contributed by atoms with van der Waals surface area (Å²) in [7, 11) is -1.12. The molecule has 0 amide bonds. The van der Waals surface area contributed by atoms with E-state index in [0.29, 0.717) is 12.3 Å². The van der Waals surface area contributed by atoms with Crippen LogP contribution in [0.5, 0.6) is 0 Å². The highest BCUT2D eigenvalue weighted by molar-refractivity contribution is 6.76. The summed E-state index contributed by atoms with van der Waals surface area (Å²) in [5.74, 6) is 0. The number of carbonyl (C=O) groups excluding carboxylic acids is 1. The summed E-state index contributed by atoms with van der Waals surface area (Å²) >= 11 is 0. The standard InChI is InChI=1S/C21H25N3O2Si/c1-27(2,3)13-12-26-16-24-21-7-5-18(15-25)14-19(21)20(23-24)6-4-17-8-10-22-11-9-17/h4-11,14-15H,12-13,16H2,1-3H3. The van der Waals surface area contributed by atoms with Gasteiger partial charge in [-0.05, 0) is 48.0 Å². The quantitative estimate of drug-likeness (QED) is 0.323. The van der Waals surface area contributed by atoms with Gasteiger partial charge < -0.3 is 4.74 Å². The minimum atomic E-state index is -1.12. The van der Waals surface area contributed by atoms with E-state index in [1.807, 2.05) is 47.2 Å². The van der Waals surface area contributed by atoms with E-state index in [-0.39, 0.29) is 0 Å². The van der Waals surface area contributed by atoms with Gasteiger partial charge in [-0.25, -0.2) is 4.68 Å². The monoisotopic (exact) mass is 379 g/mol. The Morgan fingerprint density at radius 3 is 2.56 bits per heavy atom. The van der Waals surface area contributed by atoms with Crippen LogP contribution in [0, 0.1) is 0 Å². The van der Waals surface area contributed by atoms with E-state index in [1.54, 1.807) is 12.4 Å². The topological polar surface area (TPSA) is 57.0 Å². The maximum Gasteiger partial charge on any atom is 0.150 e. The maximum atomic E-state index is 11.2. The first kappa shape index (κ1) is 19.2. The highest BCUT2D eigenvalue weighted by Gasteiger charge is 2.13. The van der Waals surface area contributed by atoms with Gasteiger partial charge in [-0.3, -0.25) is 9.78 Å². The van der Waals surface area contributed by atoms with E-state index in [1.165, 1.54) is 0 Å². The number of aldehydes is 1. The first-order chi connectivity index (χ1) is 13.0. The molecule has 0 atom stereocenters. The van der Waals surface area contributed by atoms with Gasteiger partial charge in [0.25, 0.3) is 0 Å². The molecule has 140 valence electrons. The molecule has 1 aromatic carbocycles. The molecule has 0 N–H and O–H groups in total. The number of fused-ring (bicyclic) bond motifs is 1. The zero-order chi connectivity index (χ0) is 19.3. The molecule has 0 spiro atoms. The van der Waals surface area contributed by atoms with Crippen LogP contribution in [0.3, 0.4) is 0 Å². The number of hydrogen-bond donors (Lipinski definition) is 0. The van der Waals surface area contributed by atoms with Gasteiger partial charge in [0.15, 0.2) is 0 Å². The van der Waals surface area contributed by atoms with Crippen LogP contribution in [0.1, 0.15) is 21.6 Å². The van der Waals surface area contributed by atoms with Crippen molar-refractivity contribution in [3.63, 3.8) is 0 Å². The molecule has 0 saturated carbocycles. The second-order valence-corrected chi connectivity index (χ2v) is 13.4. The maximum absolute atomic E-state index is 11.2. The van der Waals surface area contributed by atoms with Crippen LogP contribution < -0.4 is 0 Å². The number of rotatable bonds is 8. The molecule has 27 heavy (non-hydrogen) atoms. The fraction of sp³-hybridized carbons (Fsp3) is 0.286. The first-order valence-corrected chi connectivity index (χ1v) is 12.8. The van der Waals surface area contributed by atoms with E-state index in [2.05, 4.69) is 24.6 Å². The third kappa shape index (κ3) is 5.21. The highest BCUT2D eigenvalue weighted by atomic mass is 28.3. The summed E-state index contributed by atoms with van der Waals surface area (Å²) in [6, 6.07) is 10.6. The molecule has 3 rings (SSSR count). The molecule has 3 aromatic rings. The first-order valence-electron chi connectivity index (χ1n) is 9.08. The number of benzene rings is 1. The van der Waals surface area contributed by atoms with Gasteiger partial charge in [0.2, 0.25) is 0 Å². The Bertz CT molecular complexity index is 943. The Labute approximate surface area is 160 Å². The molecule has 0 saturated heterocycles. The Morgan fingerprint density at radius 1 is 1.07 bits per heavy atom. The number of aromatic nitrogens is 3. The zero-order valence-corrected chi connectivity index (χ0v) is 17.1. The van der Waals surface area contributed by atoms with Crippen molar-refractivity contribution in [1.29, 1.82) is 0 Å². The van der Waals surface area contributed by atoms with Crippen LogP contribution in [0.2, 0.25) is 25.7 Å². The van der Waals surface area contributed by atoms with Crippen LogP contribution in [0.25, 0.3) is 23.1 Å². The van der Waals surface area contributed by atoms with Crippen molar-refractivity contribution >= 4 is 37.4 Å². The third-order valence-corrected chi connectivity index (χ3v) is 5.99. The fourth-order valence-electron chi connectivity index (χ4n) is 2.70. The second kappa shape index (κ2) is 8.41. The summed E-state index contributed by atoms with van der Waals surface area (Å²) in [5.41, 5.74) is 3.47. The third-order valence-electron chi connectivity index (χ3n) is 4.29. The Balaban J connectivity index is 1.86. The lowest BCUT2D eigenvalue weighted by atomic mass is 10.1. The van der Waals surface area contributed by atoms with Crippen LogP contribution in [-0.2, 0) is 11.5 Å². The van der Waals surface area contributed by atoms with Crippen molar-refractivity contribution in [3.05, 3.63) is 59.5 Å². The van der Waals surface area contributed by atoms with Crippen molar-refractivity contribution in [3.8, 4) is 0 Å². The lowest BCUT2D eigenvalue weighted by Crippen LogP contribution is -2.22. The lowest BCUT2D eigenvalue weighted by Gasteiger charge is -2.15. The summed E-state index contributed by atoms with van der Waals surface area (Å²) in [6.07, 6.45) is 8.33. The zero-order valence-electron chi connectivity index (χ0n) is 16.1. The van der Waals surface area contributed by atoms with Gasteiger partial charge in [-0.15, -0.1) is 0 Å². The molecular weight excluding hydrogens is 354 g/mol. The summed E-state index contributed by atoms with van der Waals surface area (Å²) in [6.45, 7) is 8.16. The molecule has 0 unspecified atom stereocenters. The van der Waals surface area contributed by atoms with Gasteiger partial charge >= 0.3 is 0 Å². The van der Waals surface area contributed by atoms with Crippen molar-refractivity contribution in [2.75, 3.05) is 6.61 Å². The molecule has 2 aromatic heterocycles. The average molecular weight is 380 g/mol. The van der Waals surface area contributed by atoms with Crippen LogP contribution in [0.15, 0.2) is 42.7 Å². The molecular formula is C21H25N3O2Si. The molecule has 0 aliphatic carbocycles. The van der Waals surface area contributed by atoms with Crippen molar-refractivity contribution in [2.24, 2.45) is 0 Å². The predicted molar refractivity (Wildman–Crippen MR) is 112 cm³/mol. The van der Waals surface area contributed by atoms with E-state index >= 15 is 0 Å². The number of ether oxygens (including phenoxy) is 1. The van der Waals surface area contributed by atoms with Gasteiger partial charge in [0.05, 0.1) is 11.2 Å². The van der Waals surface area contributed by atoms with Crippen molar-refractivity contribution in [1.82, 2.24) is 14.8 Å². The Morgan fingerprint density at radius 2 is 1.85 bits per heavy atom. The molecule has 0 aliphatic rings. The highest BCUT2D eigenvalue weighted by Crippen LogP contribution is 2.22. The number of hydrogen-bond acceptors (Lipinski definition) is 4. The van der Waals surface area contributed by atoms with Crippen LogP contribution >= 0.6 is 0 Å². The summed E-state index contributed by atoms with van der Waals surface area (Å²) in [4.78, 5) is 15.2. The SMILES string of the molecule is C[Si](C)(C)CCOCn1nc(C=Cc2ccncc2)c2cc(C=O)ccc21. The minimum Gasteiger partial charge on any atom is -0.360 e. The lowest BCUT2D eigenvalue weighted by molar-refractivity contribution is 0.0816. The molecule has 0 radical (unpaired) electrons. The Hall–Kier alpha value is -2.57. The van der Waals surface area contributed by atoms with E-state index in [0.717, 1.165) is 41.1 Å². The van der Waals surface area contributed by atoms with Crippen LogP contribution in [-0.4, -0.2) is 35.7 Å². The van der Waals surface area contributed by atoms with Crippen LogP contribution in [0.4, 0.5) is 0 Å². The number of pyridine rings is 1. The number of carbonyl (C=O) groups is 1. The molecule has 0 fully saturated rings. The number of nitrogens with zero attached hydrogens (tertiary/aromatic N) is 3. The molecule has 0 aliphatic heterocycles. The smallest absolute Gasteiger partial charge is 0.150 e. The minimum absolute atomic E-state index is 0.407. The van der Waals surface area contributed by atoms with E-state index in [4.69, 9.17) is 9.84 Å². The van der Waals surface area contributed by atoms with Gasteiger partial charge in [0, 0.05) is 38.0 Å². The van der Waals surface area contributed by atoms with Crippen molar-refractivity contribution < 1.29 is 9.53 Å². The molecule has 2 heterocycles. The van der Waals surface area contributed by atoms with E-state index < -0.39 is 8.07 Å². The molecule has 0 bridgehead atoms. The fourth-order valence-corrected chi connectivity index (χ4v) is 3.45. The summed E-state index contributed by atoms with van der Waals surface area (Å²) in [5, 5.41) is 5.64. The molecule has 5 nitrogen and oxygen atoms in total. The summed E-state index contributed by atoms with van der Waals surface area (Å²) < 4.78 is 7.73. The van der Waals surface area contributed by atoms with Gasteiger partial charge in [0.1, 0.15) is 13.0 Å².